The van der Waals surface area contributed by atoms with Gasteiger partial charge in [0, 0.05) is 5.56 Å². The summed E-state index contributed by atoms with van der Waals surface area (Å²) in [6.45, 7) is 3.22. The van der Waals surface area contributed by atoms with E-state index in [9.17, 15) is 4.79 Å². The third kappa shape index (κ3) is 2.79. The fourth-order valence-electron chi connectivity index (χ4n) is 2.09. The van der Waals surface area contributed by atoms with Gasteiger partial charge in [0.25, 0.3) is 0 Å². The number of nitrogens with one attached hydrogen (secondary N) is 1. The Morgan fingerprint density at radius 3 is 2.61 bits per heavy atom. The molecule has 3 nitrogen and oxygen atoms in total. The van der Waals surface area contributed by atoms with Crippen LogP contribution < -0.4 is 10.1 Å². The van der Waals surface area contributed by atoms with Crippen LogP contribution in [0.25, 0.3) is 0 Å². The van der Waals surface area contributed by atoms with Crippen LogP contribution in [0.4, 0.5) is 0 Å². The Morgan fingerprint density at radius 1 is 1.44 bits per heavy atom. The van der Waals surface area contributed by atoms with Crippen LogP contribution in [-0.2, 0) is 0 Å². The first-order valence-electron chi connectivity index (χ1n) is 6.03. The van der Waals surface area contributed by atoms with Crippen molar-refractivity contribution in [3.8, 4) is 5.75 Å². The van der Waals surface area contributed by atoms with Gasteiger partial charge in [-0.05, 0) is 38.4 Å². The maximum absolute atomic E-state index is 12.2. The standard InChI is InChI=1S/C13H15Cl2NO2/c1-2-18-13-9(14)6-8(7-10(13)15)12(17)11-4-3-5-16-11/h6-7,11,16H,2-5H2,1H3. The number of carbonyl (C=O) groups excluding carboxylic acids is 1. The molecule has 0 bridgehead atoms. The minimum Gasteiger partial charge on any atom is -0.491 e. The van der Waals surface area contributed by atoms with E-state index in [0.717, 1.165) is 19.4 Å². The molecule has 1 aliphatic rings. The summed E-state index contributed by atoms with van der Waals surface area (Å²) >= 11 is 12.2. The number of ether oxygens (including phenoxy) is 1. The fourth-order valence-corrected chi connectivity index (χ4v) is 2.69. The van der Waals surface area contributed by atoms with Crippen LogP contribution in [0.2, 0.25) is 10.0 Å². The highest BCUT2D eigenvalue weighted by atomic mass is 35.5. The maximum Gasteiger partial charge on any atom is 0.179 e. The van der Waals surface area contributed by atoms with Crippen molar-refractivity contribution in [3.63, 3.8) is 0 Å². The number of ketones is 1. The van der Waals surface area contributed by atoms with E-state index in [4.69, 9.17) is 27.9 Å². The Hall–Kier alpha value is -0.770. The Balaban J connectivity index is 2.26. The summed E-state index contributed by atoms with van der Waals surface area (Å²) in [5, 5.41) is 3.93. The van der Waals surface area contributed by atoms with Crippen LogP contribution in [0.3, 0.4) is 0 Å². The zero-order valence-corrected chi connectivity index (χ0v) is 11.6. The number of Topliss-reactive ketones (excluding diaryl/α,β-unsaturated/α-hetero) is 1. The molecule has 0 radical (unpaired) electrons. The van der Waals surface area contributed by atoms with Crippen LogP contribution in [0.15, 0.2) is 12.1 Å². The normalized spacial score (nSPS) is 18.9. The van der Waals surface area contributed by atoms with Crippen molar-refractivity contribution in [3.05, 3.63) is 27.7 Å². The van der Waals surface area contributed by atoms with Crippen LogP contribution in [0, 0.1) is 0 Å². The van der Waals surface area contributed by atoms with Gasteiger partial charge in [-0.1, -0.05) is 23.2 Å². The van der Waals surface area contributed by atoms with E-state index < -0.39 is 0 Å². The zero-order chi connectivity index (χ0) is 13.1. The summed E-state index contributed by atoms with van der Waals surface area (Å²) in [6.07, 6.45) is 1.89. The minimum absolute atomic E-state index is 0.0411. The second kappa shape index (κ2) is 5.91. The average molecular weight is 288 g/mol. The van der Waals surface area contributed by atoms with Crippen molar-refractivity contribution in [1.29, 1.82) is 0 Å². The average Bonchev–Trinajstić information content (AvgIpc) is 2.86. The number of hydrogen-bond donors (Lipinski definition) is 1. The van der Waals surface area contributed by atoms with Gasteiger partial charge in [0.15, 0.2) is 11.5 Å². The lowest BCUT2D eigenvalue weighted by atomic mass is 10.0. The monoisotopic (exact) mass is 287 g/mol. The molecule has 98 valence electrons. The van der Waals surface area contributed by atoms with Crippen LogP contribution in [0.5, 0.6) is 5.75 Å². The first kappa shape index (κ1) is 13.7. The topological polar surface area (TPSA) is 38.3 Å². The van der Waals surface area contributed by atoms with Gasteiger partial charge < -0.3 is 10.1 Å². The van der Waals surface area contributed by atoms with Crippen molar-refractivity contribution in [2.45, 2.75) is 25.8 Å². The predicted octanol–water partition coefficient (Wildman–Crippen LogP) is 3.33. The number of carbonyl (C=O) groups is 1. The van der Waals surface area contributed by atoms with Gasteiger partial charge in [0.05, 0.1) is 22.7 Å². The van der Waals surface area contributed by atoms with E-state index in [1.165, 1.54) is 0 Å². The minimum atomic E-state index is -0.116. The third-order valence-corrected chi connectivity index (χ3v) is 3.51. The fraction of sp³-hybridized carbons (Fsp3) is 0.462. The summed E-state index contributed by atoms with van der Waals surface area (Å²) in [5.74, 6) is 0.483. The van der Waals surface area contributed by atoms with E-state index in [-0.39, 0.29) is 11.8 Å². The molecule has 1 saturated heterocycles. The van der Waals surface area contributed by atoms with Gasteiger partial charge in [-0.15, -0.1) is 0 Å². The Morgan fingerprint density at radius 2 is 2.11 bits per heavy atom. The molecule has 1 aliphatic heterocycles. The van der Waals surface area contributed by atoms with Crippen molar-refractivity contribution in [2.75, 3.05) is 13.2 Å². The lowest BCUT2D eigenvalue weighted by molar-refractivity contribution is 0.0952. The summed E-state index contributed by atoms with van der Waals surface area (Å²) in [5.41, 5.74) is 0.535. The number of halogens is 2. The van der Waals surface area contributed by atoms with Gasteiger partial charge in [-0.3, -0.25) is 4.79 Å². The van der Waals surface area contributed by atoms with Gasteiger partial charge in [-0.2, -0.15) is 0 Å². The van der Waals surface area contributed by atoms with Crippen molar-refractivity contribution in [2.24, 2.45) is 0 Å². The molecule has 2 rings (SSSR count). The molecule has 18 heavy (non-hydrogen) atoms. The van der Waals surface area contributed by atoms with Crippen molar-refractivity contribution in [1.82, 2.24) is 5.32 Å². The van der Waals surface area contributed by atoms with Gasteiger partial charge in [-0.25, -0.2) is 0 Å². The molecule has 0 aliphatic carbocycles. The maximum atomic E-state index is 12.2. The molecule has 1 N–H and O–H groups in total. The highest BCUT2D eigenvalue weighted by Gasteiger charge is 2.24. The largest absolute Gasteiger partial charge is 0.491 e. The second-order valence-corrected chi connectivity index (χ2v) is 5.03. The number of hydrogen-bond acceptors (Lipinski definition) is 3. The molecule has 0 saturated carbocycles. The quantitative estimate of drug-likeness (QED) is 0.864. The predicted molar refractivity (Wildman–Crippen MR) is 73.0 cm³/mol. The SMILES string of the molecule is CCOc1c(Cl)cc(C(=O)C2CCCN2)cc1Cl. The molecule has 5 heteroatoms. The molecular formula is C13H15Cl2NO2. The Kier molecular flexibility index (Phi) is 4.49. The van der Waals surface area contributed by atoms with E-state index >= 15 is 0 Å². The Bertz CT molecular complexity index is 433. The van der Waals surface area contributed by atoms with E-state index in [0.29, 0.717) is 28.0 Å². The molecule has 1 aromatic rings. The summed E-state index contributed by atoms with van der Waals surface area (Å²) < 4.78 is 5.34. The molecule has 0 amide bonds. The smallest absolute Gasteiger partial charge is 0.179 e. The second-order valence-electron chi connectivity index (χ2n) is 4.22. The lowest BCUT2D eigenvalue weighted by Gasteiger charge is -2.12. The van der Waals surface area contributed by atoms with E-state index in [1.807, 2.05) is 6.92 Å². The van der Waals surface area contributed by atoms with Crippen molar-refractivity contribution < 1.29 is 9.53 Å². The number of rotatable bonds is 4. The van der Waals surface area contributed by atoms with E-state index in [1.54, 1.807) is 12.1 Å². The summed E-state index contributed by atoms with van der Waals surface area (Å²) in [7, 11) is 0. The molecule has 1 aromatic carbocycles. The van der Waals surface area contributed by atoms with Crippen LogP contribution >= 0.6 is 23.2 Å². The van der Waals surface area contributed by atoms with Gasteiger partial charge in [0.1, 0.15) is 0 Å². The van der Waals surface area contributed by atoms with Crippen LogP contribution in [-0.4, -0.2) is 25.0 Å². The van der Waals surface area contributed by atoms with Gasteiger partial charge in [0.2, 0.25) is 0 Å². The first-order valence-corrected chi connectivity index (χ1v) is 6.78. The zero-order valence-electron chi connectivity index (χ0n) is 10.1. The summed E-state index contributed by atoms with van der Waals surface area (Å²) in [4.78, 5) is 12.2. The third-order valence-electron chi connectivity index (χ3n) is 2.95. The summed E-state index contributed by atoms with van der Waals surface area (Å²) in [6, 6.07) is 3.14. The van der Waals surface area contributed by atoms with E-state index in [2.05, 4.69) is 5.32 Å². The number of benzene rings is 1. The Labute approximate surface area is 116 Å². The molecule has 0 spiro atoms. The molecule has 0 aromatic heterocycles. The molecule has 1 unspecified atom stereocenters. The molecule has 1 heterocycles. The van der Waals surface area contributed by atoms with Crippen molar-refractivity contribution >= 4 is 29.0 Å². The van der Waals surface area contributed by atoms with Gasteiger partial charge >= 0.3 is 0 Å². The molecule has 1 fully saturated rings. The first-order chi connectivity index (χ1) is 8.63. The molecule has 1 atom stereocenters. The van der Waals surface area contributed by atoms with Crippen LogP contribution in [0.1, 0.15) is 30.1 Å². The molecular weight excluding hydrogens is 273 g/mol. The lowest BCUT2D eigenvalue weighted by Crippen LogP contribution is -2.30. The highest BCUT2D eigenvalue weighted by Crippen LogP contribution is 2.34. The highest BCUT2D eigenvalue weighted by molar-refractivity contribution is 6.37.